The molecule has 5 heteroatoms. The summed E-state index contributed by atoms with van der Waals surface area (Å²) in [6.45, 7) is 0. The molecule has 0 saturated carbocycles. The number of nitrogens with one attached hydrogen (secondary N) is 1. The molecule has 0 heterocycles. The van der Waals surface area contributed by atoms with E-state index in [1.54, 1.807) is 24.3 Å². The van der Waals surface area contributed by atoms with Gasteiger partial charge < -0.3 is 0 Å². The monoisotopic (exact) mass is 266 g/mol. The number of hydrogen-bond acceptors (Lipinski definition) is 2. The minimum absolute atomic E-state index is 0.106. The van der Waals surface area contributed by atoms with Crippen LogP contribution in [0.4, 0.5) is 14.5 Å². The first-order valence-electron chi connectivity index (χ1n) is 5.15. The highest BCUT2D eigenvalue weighted by atomic mass is 35.5. The topological polar surface area (TPSA) is 24.4 Å². The number of benzene rings is 2. The molecule has 0 unspecified atom stereocenters. The standard InChI is InChI=1S/C13H9ClF2N2/c14-10-3-1-2-9(6-10)8-17-18-13-5-4-11(15)7-12(13)16/h1-8,18H/b17-8+. The van der Waals surface area contributed by atoms with Crippen molar-refractivity contribution in [1.29, 1.82) is 0 Å². The maximum atomic E-state index is 13.2. The van der Waals surface area contributed by atoms with E-state index in [9.17, 15) is 8.78 Å². The fraction of sp³-hybridized carbons (Fsp3) is 0. The molecule has 0 aliphatic rings. The molecule has 0 aromatic heterocycles. The van der Waals surface area contributed by atoms with Gasteiger partial charge >= 0.3 is 0 Å². The lowest BCUT2D eigenvalue weighted by Crippen LogP contribution is -1.94. The van der Waals surface area contributed by atoms with E-state index < -0.39 is 11.6 Å². The van der Waals surface area contributed by atoms with Gasteiger partial charge in [-0.2, -0.15) is 5.10 Å². The van der Waals surface area contributed by atoms with Crippen LogP contribution in [0.3, 0.4) is 0 Å². The second kappa shape index (κ2) is 5.60. The number of hydrazone groups is 1. The molecular formula is C13H9ClF2N2. The summed E-state index contributed by atoms with van der Waals surface area (Å²) in [4.78, 5) is 0. The second-order valence-corrected chi connectivity index (χ2v) is 3.99. The molecule has 2 aromatic rings. The van der Waals surface area contributed by atoms with Crippen LogP contribution in [-0.2, 0) is 0 Å². The van der Waals surface area contributed by atoms with Gasteiger partial charge in [-0.3, -0.25) is 5.43 Å². The molecule has 0 radical (unpaired) electrons. The zero-order chi connectivity index (χ0) is 13.0. The lowest BCUT2D eigenvalue weighted by molar-refractivity contribution is 0.585. The van der Waals surface area contributed by atoms with E-state index in [4.69, 9.17) is 11.6 Å². The molecule has 1 N–H and O–H groups in total. The van der Waals surface area contributed by atoms with Crippen LogP contribution in [0.1, 0.15) is 5.56 Å². The minimum Gasteiger partial charge on any atom is -0.276 e. The molecular weight excluding hydrogens is 258 g/mol. The lowest BCUT2D eigenvalue weighted by atomic mass is 10.2. The van der Waals surface area contributed by atoms with Crippen LogP contribution in [0.2, 0.25) is 5.02 Å². The first-order valence-corrected chi connectivity index (χ1v) is 5.52. The van der Waals surface area contributed by atoms with Crippen molar-refractivity contribution in [1.82, 2.24) is 0 Å². The predicted octanol–water partition coefficient (Wildman–Crippen LogP) is 4.06. The van der Waals surface area contributed by atoms with Gasteiger partial charge in [0.2, 0.25) is 0 Å². The largest absolute Gasteiger partial charge is 0.276 e. The zero-order valence-corrected chi connectivity index (χ0v) is 9.96. The Hall–Kier alpha value is -1.94. The van der Waals surface area contributed by atoms with Gasteiger partial charge in [0.25, 0.3) is 0 Å². The summed E-state index contributed by atoms with van der Waals surface area (Å²) in [5.41, 5.74) is 3.37. The Labute approximate surface area is 108 Å². The van der Waals surface area contributed by atoms with Gasteiger partial charge in [0.1, 0.15) is 5.82 Å². The van der Waals surface area contributed by atoms with Gasteiger partial charge in [0.05, 0.1) is 11.9 Å². The van der Waals surface area contributed by atoms with Crippen LogP contribution in [0.5, 0.6) is 0 Å². The minimum atomic E-state index is -0.696. The molecule has 2 aromatic carbocycles. The van der Waals surface area contributed by atoms with Gasteiger partial charge in [0, 0.05) is 11.1 Å². The van der Waals surface area contributed by atoms with Crippen LogP contribution < -0.4 is 5.43 Å². The number of hydrogen-bond donors (Lipinski definition) is 1. The molecule has 0 aliphatic heterocycles. The summed E-state index contributed by atoms with van der Waals surface area (Å²) in [5, 5.41) is 4.44. The van der Waals surface area contributed by atoms with E-state index in [2.05, 4.69) is 10.5 Å². The van der Waals surface area contributed by atoms with Gasteiger partial charge in [-0.1, -0.05) is 23.7 Å². The smallest absolute Gasteiger partial charge is 0.151 e. The van der Waals surface area contributed by atoms with Crippen molar-refractivity contribution in [2.45, 2.75) is 0 Å². The van der Waals surface area contributed by atoms with Crippen molar-refractivity contribution >= 4 is 23.5 Å². The van der Waals surface area contributed by atoms with Crippen LogP contribution in [-0.4, -0.2) is 6.21 Å². The third-order valence-corrected chi connectivity index (χ3v) is 2.41. The van der Waals surface area contributed by atoms with E-state index in [-0.39, 0.29) is 5.69 Å². The molecule has 0 bridgehead atoms. The summed E-state index contributed by atoms with van der Waals surface area (Å²) in [7, 11) is 0. The Bertz CT molecular complexity index is 585. The Morgan fingerprint density at radius 1 is 1.11 bits per heavy atom. The predicted molar refractivity (Wildman–Crippen MR) is 69.0 cm³/mol. The highest BCUT2D eigenvalue weighted by Gasteiger charge is 2.01. The van der Waals surface area contributed by atoms with Crippen molar-refractivity contribution in [3.63, 3.8) is 0 Å². The Morgan fingerprint density at radius 2 is 1.94 bits per heavy atom. The van der Waals surface area contributed by atoms with Crippen molar-refractivity contribution in [3.8, 4) is 0 Å². The average molecular weight is 267 g/mol. The molecule has 18 heavy (non-hydrogen) atoms. The highest BCUT2D eigenvalue weighted by Crippen LogP contribution is 2.15. The van der Waals surface area contributed by atoms with Crippen LogP contribution in [0.15, 0.2) is 47.6 Å². The van der Waals surface area contributed by atoms with Gasteiger partial charge in [-0.15, -0.1) is 0 Å². The van der Waals surface area contributed by atoms with E-state index >= 15 is 0 Å². The molecule has 0 fully saturated rings. The molecule has 0 amide bonds. The quantitative estimate of drug-likeness (QED) is 0.657. The third-order valence-electron chi connectivity index (χ3n) is 2.18. The first kappa shape index (κ1) is 12.5. The molecule has 0 atom stereocenters. The van der Waals surface area contributed by atoms with Gasteiger partial charge in [-0.05, 0) is 29.8 Å². The Morgan fingerprint density at radius 3 is 2.67 bits per heavy atom. The number of halogens is 3. The van der Waals surface area contributed by atoms with Crippen molar-refractivity contribution in [2.75, 3.05) is 5.43 Å². The molecule has 0 spiro atoms. The fourth-order valence-electron chi connectivity index (χ4n) is 1.34. The third kappa shape index (κ3) is 3.28. The molecule has 0 saturated heterocycles. The molecule has 2 rings (SSSR count). The van der Waals surface area contributed by atoms with E-state index in [1.807, 2.05) is 0 Å². The molecule has 92 valence electrons. The van der Waals surface area contributed by atoms with Gasteiger partial charge in [-0.25, -0.2) is 8.78 Å². The summed E-state index contributed by atoms with van der Waals surface area (Å²) in [6.07, 6.45) is 1.49. The first-order chi connectivity index (χ1) is 8.65. The van der Waals surface area contributed by atoms with Crippen LogP contribution in [0.25, 0.3) is 0 Å². The zero-order valence-electron chi connectivity index (χ0n) is 9.20. The lowest BCUT2D eigenvalue weighted by Gasteiger charge is -2.01. The summed E-state index contributed by atoms with van der Waals surface area (Å²) in [5.74, 6) is -1.32. The van der Waals surface area contributed by atoms with Gasteiger partial charge in [0.15, 0.2) is 5.82 Å². The van der Waals surface area contributed by atoms with Crippen molar-refractivity contribution in [2.24, 2.45) is 5.10 Å². The maximum absolute atomic E-state index is 13.2. The second-order valence-electron chi connectivity index (χ2n) is 3.55. The summed E-state index contributed by atoms with van der Waals surface area (Å²) >= 11 is 5.80. The fourth-order valence-corrected chi connectivity index (χ4v) is 1.54. The van der Waals surface area contributed by atoms with E-state index in [0.717, 1.165) is 17.7 Å². The Kier molecular flexibility index (Phi) is 3.89. The summed E-state index contributed by atoms with van der Waals surface area (Å²) < 4.78 is 25.9. The number of rotatable bonds is 3. The SMILES string of the molecule is Fc1ccc(N/N=C/c2cccc(Cl)c2)c(F)c1. The van der Waals surface area contributed by atoms with Crippen LogP contribution >= 0.6 is 11.6 Å². The van der Waals surface area contributed by atoms with Crippen LogP contribution in [0, 0.1) is 11.6 Å². The van der Waals surface area contributed by atoms with E-state index in [1.165, 1.54) is 12.3 Å². The number of anilines is 1. The highest BCUT2D eigenvalue weighted by molar-refractivity contribution is 6.30. The molecule has 0 aliphatic carbocycles. The number of nitrogens with zero attached hydrogens (tertiary/aromatic N) is 1. The Balaban J connectivity index is 2.07. The normalized spacial score (nSPS) is 10.8. The molecule has 2 nitrogen and oxygen atoms in total. The summed E-state index contributed by atoms with van der Waals surface area (Å²) in [6, 6.07) is 10.3. The maximum Gasteiger partial charge on any atom is 0.151 e. The average Bonchev–Trinajstić information content (AvgIpc) is 2.32. The van der Waals surface area contributed by atoms with E-state index in [0.29, 0.717) is 5.02 Å². The van der Waals surface area contributed by atoms with Crippen molar-refractivity contribution in [3.05, 3.63) is 64.7 Å². The van der Waals surface area contributed by atoms with Crippen molar-refractivity contribution < 1.29 is 8.78 Å².